The van der Waals surface area contributed by atoms with Gasteiger partial charge in [-0.15, -0.1) is 0 Å². The Kier molecular flexibility index (Phi) is 9.97. The molecule has 2 atom stereocenters. The molecule has 4 aromatic rings. The van der Waals surface area contributed by atoms with Gasteiger partial charge < -0.3 is 14.4 Å². The first-order valence-corrected chi connectivity index (χ1v) is 16.0. The molecule has 0 saturated carbocycles. The molecule has 0 bridgehead atoms. The van der Waals surface area contributed by atoms with Crippen molar-refractivity contribution < 1.29 is 27.4 Å². The van der Waals surface area contributed by atoms with Gasteiger partial charge in [-0.1, -0.05) is 90.5 Å². The number of benzene rings is 4. The second kappa shape index (κ2) is 14.3. The van der Waals surface area contributed by atoms with E-state index in [1.165, 1.54) is 11.6 Å². The van der Waals surface area contributed by atoms with Crippen LogP contribution in [0.25, 0.3) is 0 Å². The highest BCUT2D eigenvalue weighted by molar-refractivity contribution is 6.32. The minimum atomic E-state index is -4.54. The molecule has 0 N–H and O–H groups in total. The molecule has 0 radical (unpaired) electrons. The zero-order valence-electron chi connectivity index (χ0n) is 25.4. The van der Waals surface area contributed by atoms with Gasteiger partial charge in [-0.25, -0.2) is 0 Å². The predicted octanol–water partition coefficient (Wildman–Crippen LogP) is 7.92. The molecule has 6 rings (SSSR count). The fraction of sp³-hybridized carbons (Fsp3) is 0.324. The summed E-state index contributed by atoms with van der Waals surface area (Å²) in [5.74, 6) is 0.780. The molecule has 9 heteroatoms. The average molecular weight is 649 g/mol. The minimum absolute atomic E-state index is 0.0415. The molecule has 1 amide bonds. The fourth-order valence-corrected chi connectivity index (χ4v) is 6.84. The van der Waals surface area contributed by atoms with Crippen molar-refractivity contribution in [1.82, 2.24) is 9.80 Å². The lowest BCUT2D eigenvalue weighted by atomic mass is 9.80. The van der Waals surface area contributed by atoms with Crippen LogP contribution in [0, 0.1) is 0 Å². The number of nitrogens with zero attached hydrogens (tertiary/aromatic N) is 2. The van der Waals surface area contributed by atoms with Gasteiger partial charge >= 0.3 is 6.18 Å². The second-order valence-corrected chi connectivity index (χ2v) is 12.1. The van der Waals surface area contributed by atoms with E-state index in [0.29, 0.717) is 63.6 Å². The van der Waals surface area contributed by atoms with E-state index < -0.39 is 11.7 Å². The third kappa shape index (κ3) is 7.41. The first-order valence-electron chi connectivity index (χ1n) is 15.6. The van der Waals surface area contributed by atoms with Crippen LogP contribution >= 0.6 is 11.6 Å². The van der Waals surface area contributed by atoms with Crippen molar-refractivity contribution in [2.75, 3.05) is 39.5 Å². The number of carbonyl (C=O) groups is 1. The van der Waals surface area contributed by atoms with Crippen molar-refractivity contribution in [1.29, 1.82) is 0 Å². The number of morpholine rings is 1. The molecule has 46 heavy (non-hydrogen) atoms. The Bertz CT molecular complexity index is 1640. The first kappa shape index (κ1) is 32.1. The summed E-state index contributed by atoms with van der Waals surface area (Å²) in [5, 5.41) is -0.261. The van der Waals surface area contributed by atoms with Gasteiger partial charge in [0.05, 0.1) is 36.8 Å². The second-order valence-electron chi connectivity index (χ2n) is 11.8. The predicted molar refractivity (Wildman–Crippen MR) is 172 cm³/mol. The molecule has 2 unspecified atom stereocenters. The summed E-state index contributed by atoms with van der Waals surface area (Å²) >= 11 is 6.39. The lowest BCUT2D eigenvalue weighted by molar-refractivity contribution is -0.137. The molecule has 1 saturated heterocycles. The van der Waals surface area contributed by atoms with Crippen LogP contribution in [0.3, 0.4) is 0 Å². The van der Waals surface area contributed by atoms with E-state index in [-0.39, 0.29) is 29.4 Å². The Morgan fingerprint density at radius 3 is 2.37 bits per heavy atom. The maximum Gasteiger partial charge on any atom is 0.417 e. The molecular weight excluding hydrogens is 613 g/mol. The smallest absolute Gasteiger partial charge is 0.417 e. The lowest BCUT2D eigenvalue weighted by Crippen LogP contribution is -2.41. The number of ether oxygens (including phenoxy) is 2. The number of hydrogen-bond donors (Lipinski definition) is 0. The van der Waals surface area contributed by atoms with E-state index >= 15 is 0 Å². The van der Waals surface area contributed by atoms with Crippen LogP contribution in [0.15, 0.2) is 97.1 Å². The maximum atomic E-state index is 13.7. The van der Waals surface area contributed by atoms with Crippen LogP contribution < -0.4 is 4.74 Å². The van der Waals surface area contributed by atoms with Crippen molar-refractivity contribution in [3.8, 4) is 5.75 Å². The van der Waals surface area contributed by atoms with Crippen molar-refractivity contribution in [3.05, 3.63) is 135 Å². The van der Waals surface area contributed by atoms with Gasteiger partial charge in [0.1, 0.15) is 5.75 Å². The molecular formula is C37H36ClF3N2O3. The van der Waals surface area contributed by atoms with Crippen LogP contribution in [-0.2, 0) is 28.7 Å². The van der Waals surface area contributed by atoms with E-state index in [9.17, 15) is 18.0 Å². The van der Waals surface area contributed by atoms with E-state index in [0.717, 1.165) is 22.8 Å². The van der Waals surface area contributed by atoms with Crippen LogP contribution in [-0.4, -0.2) is 55.2 Å². The third-order valence-electron chi connectivity index (χ3n) is 8.83. The van der Waals surface area contributed by atoms with Crippen LogP contribution in [0.2, 0.25) is 5.02 Å². The zero-order chi connectivity index (χ0) is 32.1. The van der Waals surface area contributed by atoms with Crippen LogP contribution in [0.1, 0.15) is 51.8 Å². The fourth-order valence-electron chi connectivity index (χ4n) is 6.54. The number of rotatable bonds is 9. The topological polar surface area (TPSA) is 42.0 Å². The normalized spacial score (nSPS) is 18.7. The van der Waals surface area contributed by atoms with Gasteiger partial charge in [0.15, 0.2) is 0 Å². The first-order chi connectivity index (χ1) is 22.3. The quantitative estimate of drug-likeness (QED) is 0.185. The molecule has 2 heterocycles. The zero-order valence-corrected chi connectivity index (χ0v) is 26.1. The van der Waals surface area contributed by atoms with Gasteiger partial charge in [-0.05, 0) is 46.0 Å². The van der Waals surface area contributed by atoms with Crippen molar-refractivity contribution >= 4 is 17.5 Å². The number of fused-ring (bicyclic) bond motifs is 1. The van der Waals surface area contributed by atoms with Gasteiger partial charge in [-0.2, -0.15) is 13.2 Å². The highest BCUT2D eigenvalue weighted by atomic mass is 35.5. The van der Waals surface area contributed by atoms with E-state index in [2.05, 4.69) is 29.2 Å². The maximum absolute atomic E-state index is 13.7. The summed E-state index contributed by atoms with van der Waals surface area (Å²) in [6, 6.07) is 30.1. The highest BCUT2D eigenvalue weighted by Gasteiger charge is 2.36. The van der Waals surface area contributed by atoms with Crippen molar-refractivity contribution in [3.63, 3.8) is 0 Å². The summed E-state index contributed by atoms with van der Waals surface area (Å²) in [5.41, 5.74) is 3.96. The van der Waals surface area contributed by atoms with E-state index in [1.807, 2.05) is 59.5 Å². The SMILES string of the molecule is O=C(Cc1cccc(OCCC2c3ccccc3C(c3ccccc3)CN2Cc2cccc(C(F)(F)F)c2Cl)c1)N1CCOCC1. The molecule has 0 aliphatic carbocycles. The van der Waals surface area contributed by atoms with Crippen LogP contribution in [0.4, 0.5) is 13.2 Å². The number of alkyl halides is 3. The van der Waals surface area contributed by atoms with Gasteiger partial charge in [0.25, 0.3) is 0 Å². The monoisotopic (exact) mass is 648 g/mol. The highest BCUT2D eigenvalue weighted by Crippen LogP contribution is 2.43. The van der Waals surface area contributed by atoms with Crippen LogP contribution in [0.5, 0.6) is 5.75 Å². The minimum Gasteiger partial charge on any atom is -0.494 e. The summed E-state index contributed by atoms with van der Waals surface area (Å²) < 4.78 is 52.8. The Labute approximate surface area is 272 Å². The molecule has 2 aliphatic heterocycles. The van der Waals surface area contributed by atoms with E-state index in [1.54, 1.807) is 6.07 Å². The van der Waals surface area contributed by atoms with Crippen molar-refractivity contribution in [2.24, 2.45) is 0 Å². The Hall–Kier alpha value is -3.85. The Morgan fingerprint density at radius 2 is 1.61 bits per heavy atom. The number of amides is 1. The Morgan fingerprint density at radius 1 is 0.891 bits per heavy atom. The average Bonchev–Trinajstić information content (AvgIpc) is 3.06. The third-order valence-corrected chi connectivity index (χ3v) is 9.27. The van der Waals surface area contributed by atoms with Gasteiger partial charge in [0, 0.05) is 44.6 Å². The summed E-state index contributed by atoms with van der Waals surface area (Å²) in [6.45, 7) is 3.56. The van der Waals surface area contributed by atoms with Gasteiger partial charge in [0.2, 0.25) is 5.91 Å². The molecule has 240 valence electrons. The number of hydrogen-bond acceptors (Lipinski definition) is 4. The van der Waals surface area contributed by atoms with Crippen molar-refractivity contribution in [2.45, 2.75) is 37.5 Å². The summed E-state index contributed by atoms with van der Waals surface area (Å²) in [6.07, 6.45) is -3.64. The molecule has 0 spiro atoms. The number of halogens is 4. The molecule has 5 nitrogen and oxygen atoms in total. The molecule has 2 aliphatic rings. The largest absolute Gasteiger partial charge is 0.494 e. The standard InChI is InChI=1S/C37H36ClF3N2O3/c38-36-28(11-7-15-33(36)37(39,40)41)24-43-25-32(27-9-2-1-3-10-27)30-13-4-5-14-31(30)34(43)16-19-46-29-12-6-8-26(22-29)23-35(44)42-17-20-45-21-18-42/h1-15,22,32,34H,16-21,23-25H2. The summed E-state index contributed by atoms with van der Waals surface area (Å²) in [4.78, 5) is 16.8. The van der Waals surface area contributed by atoms with E-state index in [4.69, 9.17) is 21.1 Å². The Balaban J connectivity index is 1.23. The molecule has 1 fully saturated rings. The molecule has 0 aromatic heterocycles. The lowest BCUT2D eigenvalue weighted by Gasteiger charge is -2.42. The summed E-state index contributed by atoms with van der Waals surface area (Å²) in [7, 11) is 0. The molecule has 4 aromatic carbocycles. The number of carbonyl (C=O) groups excluding carboxylic acids is 1. The van der Waals surface area contributed by atoms with Gasteiger partial charge in [-0.3, -0.25) is 9.69 Å².